The molecule has 0 saturated heterocycles. The molecule has 3 unspecified atom stereocenters. The Bertz CT molecular complexity index is 1150. The predicted molar refractivity (Wildman–Crippen MR) is 119 cm³/mol. The summed E-state index contributed by atoms with van der Waals surface area (Å²) >= 11 is 0. The third-order valence-corrected chi connectivity index (χ3v) is 6.81. The van der Waals surface area contributed by atoms with E-state index in [2.05, 4.69) is 26.8 Å². The zero-order valence-electron chi connectivity index (χ0n) is 18.1. The first-order valence-corrected chi connectivity index (χ1v) is 10.9. The van der Waals surface area contributed by atoms with Crippen LogP contribution < -0.4 is 4.74 Å². The molecule has 0 aromatic heterocycles. The molecule has 2 aromatic rings. The summed E-state index contributed by atoms with van der Waals surface area (Å²) in [6.45, 7) is 6.76. The van der Waals surface area contributed by atoms with E-state index in [9.17, 15) is 9.59 Å². The van der Waals surface area contributed by atoms with Gasteiger partial charge in [0, 0.05) is 28.5 Å². The molecule has 5 rings (SSSR count). The number of carbonyl (C=O) groups excluding carboxylic acids is 2. The summed E-state index contributed by atoms with van der Waals surface area (Å²) < 4.78 is 12.8. The minimum absolute atomic E-state index is 0.0614. The van der Waals surface area contributed by atoms with Gasteiger partial charge in [-0.1, -0.05) is 54.1 Å². The first-order valence-electron chi connectivity index (χ1n) is 10.9. The van der Waals surface area contributed by atoms with Crippen LogP contribution in [0.2, 0.25) is 0 Å². The van der Waals surface area contributed by atoms with Crippen molar-refractivity contribution in [1.29, 1.82) is 0 Å². The predicted octanol–water partition coefficient (Wildman–Crippen LogP) is 5.49. The lowest BCUT2D eigenvalue weighted by Crippen LogP contribution is -2.51. The van der Waals surface area contributed by atoms with E-state index in [0.29, 0.717) is 23.5 Å². The molecule has 0 fully saturated rings. The second-order valence-electron chi connectivity index (χ2n) is 9.11. The molecule has 2 heterocycles. The number of fused-ring (bicyclic) bond motifs is 6. The van der Waals surface area contributed by atoms with Crippen LogP contribution in [0.15, 0.2) is 65.8 Å². The molecule has 0 amide bonds. The standard InChI is InChI=1S/C27H26O4/c1-16(2)9-8-14-27(3)20-15-30-21-13-7-6-12-19(21)22(20)23-25(29)24(28)17-10-4-5-11-18(17)26(23)31-27/h4-7,9-13,20,22H,8,14-15H2,1-3H3. The molecule has 0 spiro atoms. The molecule has 4 nitrogen and oxygen atoms in total. The molecule has 0 bridgehead atoms. The topological polar surface area (TPSA) is 52.6 Å². The van der Waals surface area contributed by atoms with Crippen molar-refractivity contribution in [3.63, 3.8) is 0 Å². The fraction of sp³-hybridized carbons (Fsp3) is 0.333. The van der Waals surface area contributed by atoms with Gasteiger partial charge in [-0.3, -0.25) is 9.59 Å². The molecule has 3 atom stereocenters. The molecule has 3 aliphatic rings. The molecule has 2 aromatic carbocycles. The maximum Gasteiger partial charge on any atom is 0.234 e. The maximum absolute atomic E-state index is 13.4. The first kappa shape index (κ1) is 19.8. The molecular formula is C27H26O4. The van der Waals surface area contributed by atoms with Crippen LogP contribution in [0.1, 0.15) is 61.0 Å². The largest absolute Gasteiger partial charge is 0.493 e. The fourth-order valence-electron chi connectivity index (χ4n) is 5.20. The van der Waals surface area contributed by atoms with Gasteiger partial charge < -0.3 is 9.47 Å². The zero-order valence-corrected chi connectivity index (χ0v) is 18.1. The van der Waals surface area contributed by atoms with Crippen molar-refractivity contribution in [2.45, 2.75) is 45.1 Å². The Morgan fingerprint density at radius 2 is 1.74 bits per heavy atom. The number of allylic oxidation sites excluding steroid dienone is 3. The van der Waals surface area contributed by atoms with Crippen LogP contribution in [0.25, 0.3) is 5.76 Å². The first-order chi connectivity index (χ1) is 14.9. The Balaban J connectivity index is 1.72. The van der Waals surface area contributed by atoms with Gasteiger partial charge in [0.1, 0.15) is 17.1 Å². The Morgan fingerprint density at radius 1 is 1.03 bits per heavy atom. The Morgan fingerprint density at radius 3 is 2.52 bits per heavy atom. The summed E-state index contributed by atoms with van der Waals surface area (Å²) in [5.41, 5.74) is 3.34. The van der Waals surface area contributed by atoms with E-state index in [4.69, 9.17) is 9.47 Å². The van der Waals surface area contributed by atoms with Crippen molar-refractivity contribution >= 4 is 17.3 Å². The quantitative estimate of drug-likeness (QED) is 0.492. The van der Waals surface area contributed by atoms with E-state index in [1.54, 1.807) is 12.1 Å². The van der Waals surface area contributed by atoms with E-state index < -0.39 is 17.2 Å². The van der Waals surface area contributed by atoms with Crippen LogP contribution >= 0.6 is 0 Å². The Labute approximate surface area is 182 Å². The molecule has 31 heavy (non-hydrogen) atoms. The van der Waals surface area contributed by atoms with Crippen molar-refractivity contribution in [3.05, 3.63) is 82.4 Å². The second-order valence-corrected chi connectivity index (χ2v) is 9.11. The van der Waals surface area contributed by atoms with E-state index in [1.807, 2.05) is 36.4 Å². The van der Waals surface area contributed by atoms with Crippen molar-refractivity contribution in [2.75, 3.05) is 6.61 Å². The van der Waals surface area contributed by atoms with Crippen molar-refractivity contribution in [1.82, 2.24) is 0 Å². The highest BCUT2D eigenvalue weighted by atomic mass is 16.5. The minimum Gasteiger partial charge on any atom is -0.493 e. The number of hydrogen-bond donors (Lipinski definition) is 0. The van der Waals surface area contributed by atoms with Gasteiger partial charge in [-0.05, 0) is 39.7 Å². The number of carbonyl (C=O) groups is 2. The number of Topliss-reactive ketones (excluding diaryl/α,β-unsaturated/α-hetero) is 2. The van der Waals surface area contributed by atoms with Crippen LogP contribution in [-0.2, 0) is 9.53 Å². The van der Waals surface area contributed by atoms with Crippen LogP contribution in [0.5, 0.6) is 5.75 Å². The lowest BCUT2D eigenvalue weighted by Gasteiger charge is -2.50. The molecule has 2 aliphatic heterocycles. The van der Waals surface area contributed by atoms with Gasteiger partial charge in [0.15, 0.2) is 0 Å². The average molecular weight is 415 g/mol. The van der Waals surface area contributed by atoms with Gasteiger partial charge >= 0.3 is 0 Å². The van der Waals surface area contributed by atoms with E-state index in [-0.39, 0.29) is 11.8 Å². The zero-order chi connectivity index (χ0) is 21.8. The molecule has 158 valence electrons. The van der Waals surface area contributed by atoms with Gasteiger partial charge in [-0.2, -0.15) is 0 Å². The fourth-order valence-corrected chi connectivity index (χ4v) is 5.20. The third-order valence-electron chi connectivity index (χ3n) is 6.81. The van der Waals surface area contributed by atoms with Gasteiger partial charge in [-0.15, -0.1) is 0 Å². The van der Waals surface area contributed by atoms with Gasteiger partial charge in [-0.25, -0.2) is 0 Å². The van der Waals surface area contributed by atoms with Gasteiger partial charge in [0.05, 0.1) is 12.2 Å². The maximum atomic E-state index is 13.4. The summed E-state index contributed by atoms with van der Waals surface area (Å²) in [5.74, 6) is 0.158. The highest BCUT2D eigenvalue weighted by Crippen LogP contribution is 2.55. The highest BCUT2D eigenvalue weighted by Gasteiger charge is 2.54. The lowest BCUT2D eigenvalue weighted by molar-refractivity contribution is -0.114. The van der Waals surface area contributed by atoms with Crippen LogP contribution in [0, 0.1) is 5.92 Å². The smallest absolute Gasteiger partial charge is 0.234 e. The summed E-state index contributed by atoms with van der Waals surface area (Å²) in [5, 5.41) is 0. The van der Waals surface area contributed by atoms with Crippen LogP contribution in [-0.4, -0.2) is 23.8 Å². The number of ketones is 2. The van der Waals surface area contributed by atoms with Crippen LogP contribution in [0.4, 0.5) is 0 Å². The summed E-state index contributed by atoms with van der Waals surface area (Å²) in [7, 11) is 0. The number of para-hydroxylation sites is 1. The lowest BCUT2D eigenvalue weighted by atomic mass is 9.65. The van der Waals surface area contributed by atoms with Crippen molar-refractivity contribution < 1.29 is 19.1 Å². The molecule has 1 aliphatic carbocycles. The van der Waals surface area contributed by atoms with Gasteiger partial charge in [0.25, 0.3) is 0 Å². The SMILES string of the molecule is CC(C)=CCCC1(C)OC2=C(C(=O)C(=O)c3ccccc32)C2c3ccccc3OCC21. The normalized spacial score (nSPS) is 26.0. The van der Waals surface area contributed by atoms with Crippen molar-refractivity contribution in [3.8, 4) is 5.75 Å². The highest BCUT2D eigenvalue weighted by molar-refractivity contribution is 6.52. The van der Waals surface area contributed by atoms with Gasteiger partial charge in [0.2, 0.25) is 11.6 Å². The van der Waals surface area contributed by atoms with Crippen LogP contribution in [0.3, 0.4) is 0 Å². The summed E-state index contributed by atoms with van der Waals surface area (Å²) in [6, 6.07) is 15.1. The molecule has 4 heteroatoms. The molecule has 0 radical (unpaired) electrons. The third kappa shape index (κ3) is 3.04. The summed E-state index contributed by atoms with van der Waals surface area (Å²) in [6.07, 6.45) is 3.89. The number of benzene rings is 2. The number of rotatable bonds is 3. The molecule has 0 saturated carbocycles. The van der Waals surface area contributed by atoms with E-state index in [1.165, 1.54) is 5.57 Å². The van der Waals surface area contributed by atoms with E-state index >= 15 is 0 Å². The summed E-state index contributed by atoms with van der Waals surface area (Å²) in [4.78, 5) is 26.4. The Kier molecular flexibility index (Phi) is 4.62. The number of hydrogen-bond acceptors (Lipinski definition) is 4. The Hall–Kier alpha value is -3.14. The van der Waals surface area contributed by atoms with E-state index in [0.717, 1.165) is 29.7 Å². The van der Waals surface area contributed by atoms with Crippen molar-refractivity contribution in [2.24, 2.45) is 5.92 Å². The minimum atomic E-state index is -0.531. The average Bonchev–Trinajstić information content (AvgIpc) is 2.77. The molecular weight excluding hydrogens is 388 g/mol. The monoisotopic (exact) mass is 414 g/mol. The number of ether oxygens (including phenoxy) is 2. The second kappa shape index (κ2) is 7.23. The molecule has 0 N–H and O–H groups in total.